The van der Waals surface area contributed by atoms with Crippen LogP contribution in [0.2, 0.25) is 0 Å². The molecule has 1 atom stereocenters. The van der Waals surface area contributed by atoms with Gasteiger partial charge in [-0.3, -0.25) is 0 Å². The number of hydrogen-bond donors (Lipinski definition) is 1. The number of rotatable bonds is 1. The van der Waals surface area contributed by atoms with Gasteiger partial charge in [-0.25, -0.2) is 8.78 Å². The lowest BCUT2D eigenvalue weighted by Crippen LogP contribution is -2.44. The topological polar surface area (TPSA) is 29.5 Å². The van der Waals surface area contributed by atoms with E-state index >= 15 is 0 Å². The summed E-state index contributed by atoms with van der Waals surface area (Å²) < 4.78 is 32.0. The quantitative estimate of drug-likeness (QED) is 0.820. The van der Waals surface area contributed by atoms with Crippen molar-refractivity contribution < 1.29 is 18.6 Å². The highest BCUT2D eigenvalue weighted by atomic mass is 19.1. The third-order valence-corrected chi connectivity index (χ3v) is 3.16. The van der Waals surface area contributed by atoms with E-state index in [0.29, 0.717) is 19.4 Å². The zero-order valence-electron chi connectivity index (χ0n) is 9.96. The second kappa shape index (κ2) is 4.03. The Morgan fingerprint density at radius 1 is 1.29 bits per heavy atom. The first-order valence-electron chi connectivity index (χ1n) is 5.64. The molecule has 0 aromatic heterocycles. The van der Waals surface area contributed by atoms with Crippen LogP contribution in [0.4, 0.5) is 8.78 Å². The molecule has 1 N–H and O–H groups in total. The fourth-order valence-electron chi connectivity index (χ4n) is 2.44. The van der Waals surface area contributed by atoms with Gasteiger partial charge in [0.25, 0.3) is 0 Å². The highest BCUT2D eigenvalue weighted by Crippen LogP contribution is 2.40. The van der Waals surface area contributed by atoms with Crippen LogP contribution in [-0.2, 0) is 10.3 Å². The van der Waals surface area contributed by atoms with E-state index in [1.54, 1.807) is 0 Å². The van der Waals surface area contributed by atoms with E-state index in [2.05, 4.69) is 0 Å². The van der Waals surface area contributed by atoms with Crippen LogP contribution in [0, 0.1) is 11.6 Å². The maximum Gasteiger partial charge on any atom is 0.132 e. The number of benzene rings is 1. The van der Waals surface area contributed by atoms with Gasteiger partial charge < -0.3 is 9.84 Å². The van der Waals surface area contributed by atoms with Gasteiger partial charge in [0.05, 0.1) is 17.8 Å². The molecule has 0 radical (unpaired) electrons. The van der Waals surface area contributed by atoms with Gasteiger partial charge >= 0.3 is 0 Å². The van der Waals surface area contributed by atoms with E-state index < -0.39 is 22.8 Å². The molecule has 1 saturated heterocycles. The van der Waals surface area contributed by atoms with Crippen LogP contribution >= 0.6 is 0 Å². The monoisotopic (exact) mass is 242 g/mol. The van der Waals surface area contributed by atoms with Gasteiger partial charge in [-0.1, -0.05) is 6.07 Å². The molecule has 0 spiro atoms. The van der Waals surface area contributed by atoms with Crippen LogP contribution in [0.5, 0.6) is 0 Å². The Morgan fingerprint density at radius 3 is 2.59 bits per heavy atom. The van der Waals surface area contributed by atoms with Gasteiger partial charge in [-0.15, -0.1) is 0 Å². The van der Waals surface area contributed by atoms with Gasteiger partial charge in [0.2, 0.25) is 0 Å². The normalized spacial score (nSPS) is 28.1. The third kappa shape index (κ3) is 2.48. The summed E-state index contributed by atoms with van der Waals surface area (Å²) in [6, 6.07) is 3.28. The molecule has 0 aliphatic carbocycles. The minimum absolute atomic E-state index is 0.148. The second-order valence-corrected chi connectivity index (χ2v) is 5.19. The molecule has 1 heterocycles. The zero-order valence-corrected chi connectivity index (χ0v) is 9.96. The Kier molecular flexibility index (Phi) is 2.96. The molecule has 0 amide bonds. The molecule has 17 heavy (non-hydrogen) atoms. The predicted molar refractivity (Wildman–Crippen MR) is 59.5 cm³/mol. The van der Waals surface area contributed by atoms with E-state index in [1.165, 1.54) is 12.1 Å². The first-order chi connectivity index (χ1) is 7.82. The summed E-state index contributed by atoms with van der Waals surface area (Å²) in [5, 5.41) is 10.5. The standard InChI is InChI=1S/C13H16F2O2/c1-12(2)8-13(16,5-6-17-12)10-4-3-9(14)7-11(10)15/h3-4,7,16H,5-6,8H2,1-2H3. The molecular weight excluding hydrogens is 226 g/mol. The smallest absolute Gasteiger partial charge is 0.132 e. The lowest BCUT2D eigenvalue weighted by molar-refractivity contribution is -0.149. The van der Waals surface area contributed by atoms with Crippen LogP contribution in [0.1, 0.15) is 32.3 Å². The van der Waals surface area contributed by atoms with Crippen molar-refractivity contribution in [3.63, 3.8) is 0 Å². The Balaban J connectivity index is 2.37. The molecular formula is C13H16F2O2. The Bertz CT molecular complexity index is 431. The summed E-state index contributed by atoms with van der Waals surface area (Å²) in [4.78, 5) is 0. The summed E-state index contributed by atoms with van der Waals surface area (Å²) in [5.41, 5.74) is -1.64. The van der Waals surface area contributed by atoms with E-state index in [0.717, 1.165) is 6.07 Å². The third-order valence-electron chi connectivity index (χ3n) is 3.16. The summed E-state index contributed by atoms with van der Waals surface area (Å²) in [5.74, 6) is -1.34. The SMILES string of the molecule is CC1(C)CC(O)(c2ccc(F)cc2F)CCO1. The van der Waals surface area contributed by atoms with Crippen LogP contribution in [-0.4, -0.2) is 17.3 Å². The molecule has 1 aromatic rings. The molecule has 1 aliphatic rings. The van der Waals surface area contributed by atoms with Crippen molar-refractivity contribution >= 4 is 0 Å². The van der Waals surface area contributed by atoms with Crippen LogP contribution in [0.25, 0.3) is 0 Å². The number of aliphatic hydroxyl groups is 1. The molecule has 1 unspecified atom stereocenters. The lowest BCUT2D eigenvalue weighted by atomic mass is 9.79. The van der Waals surface area contributed by atoms with Crippen LogP contribution < -0.4 is 0 Å². The van der Waals surface area contributed by atoms with Crippen molar-refractivity contribution in [1.82, 2.24) is 0 Å². The summed E-state index contributed by atoms with van der Waals surface area (Å²) in [7, 11) is 0. The van der Waals surface area contributed by atoms with Crippen molar-refractivity contribution in [2.45, 2.75) is 37.9 Å². The molecule has 0 bridgehead atoms. The second-order valence-electron chi connectivity index (χ2n) is 5.19. The molecule has 0 saturated carbocycles. The maximum absolute atomic E-state index is 13.7. The van der Waals surface area contributed by atoms with Crippen molar-refractivity contribution in [3.05, 3.63) is 35.4 Å². The molecule has 1 fully saturated rings. The predicted octanol–water partition coefficient (Wildman–Crippen LogP) is 2.74. The van der Waals surface area contributed by atoms with Crippen molar-refractivity contribution in [3.8, 4) is 0 Å². The van der Waals surface area contributed by atoms with E-state index in [-0.39, 0.29) is 5.56 Å². The summed E-state index contributed by atoms with van der Waals surface area (Å²) in [6.07, 6.45) is 0.613. The number of halogens is 2. The van der Waals surface area contributed by atoms with Gasteiger partial charge in [-0.05, 0) is 19.9 Å². The van der Waals surface area contributed by atoms with Crippen LogP contribution in [0.3, 0.4) is 0 Å². The fraction of sp³-hybridized carbons (Fsp3) is 0.538. The summed E-state index contributed by atoms with van der Waals surface area (Å²) >= 11 is 0. The van der Waals surface area contributed by atoms with Gasteiger partial charge in [0, 0.05) is 24.5 Å². The van der Waals surface area contributed by atoms with Crippen molar-refractivity contribution in [2.75, 3.05) is 6.61 Å². The molecule has 2 nitrogen and oxygen atoms in total. The Labute approximate surface area is 99.2 Å². The van der Waals surface area contributed by atoms with E-state index in [1.807, 2.05) is 13.8 Å². The minimum atomic E-state index is -1.28. The summed E-state index contributed by atoms with van der Waals surface area (Å²) in [6.45, 7) is 4.05. The van der Waals surface area contributed by atoms with Crippen molar-refractivity contribution in [2.24, 2.45) is 0 Å². The zero-order chi connectivity index (χ0) is 12.7. The average Bonchev–Trinajstić information content (AvgIpc) is 2.14. The molecule has 1 aliphatic heterocycles. The van der Waals surface area contributed by atoms with Crippen LogP contribution in [0.15, 0.2) is 18.2 Å². The number of hydrogen-bond acceptors (Lipinski definition) is 2. The molecule has 1 aromatic carbocycles. The largest absolute Gasteiger partial charge is 0.385 e. The first-order valence-corrected chi connectivity index (χ1v) is 5.64. The molecule has 94 valence electrons. The highest BCUT2D eigenvalue weighted by molar-refractivity contribution is 5.26. The molecule has 2 rings (SSSR count). The Hall–Kier alpha value is -1.00. The fourth-order valence-corrected chi connectivity index (χ4v) is 2.44. The number of ether oxygens (including phenoxy) is 1. The highest BCUT2D eigenvalue weighted by Gasteiger charge is 2.42. The van der Waals surface area contributed by atoms with Gasteiger partial charge in [0.15, 0.2) is 0 Å². The minimum Gasteiger partial charge on any atom is -0.385 e. The lowest BCUT2D eigenvalue weighted by Gasteiger charge is -2.41. The van der Waals surface area contributed by atoms with E-state index in [4.69, 9.17) is 4.74 Å². The van der Waals surface area contributed by atoms with E-state index in [9.17, 15) is 13.9 Å². The maximum atomic E-state index is 13.7. The van der Waals surface area contributed by atoms with Gasteiger partial charge in [0.1, 0.15) is 11.6 Å². The molecule has 4 heteroatoms. The van der Waals surface area contributed by atoms with Gasteiger partial charge in [-0.2, -0.15) is 0 Å². The Morgan fingerprint density at radius 2 is 2.00 bits per heavy atom. The van der Waals surface area contributed by atoms with Crippen molar-refractivity contribution in [1.29, 1.82) is 0 Å². The first kappa shape index (κ1) is 12.5. The average molecular weight is 242 g/mol.